The van der Waals surface area contributed by atoms with Crippen LogP contribution in [0, 0.1) is 13.8 Å². The number of anilines is 2. The van der Waals surface area contributed by atoms with E-state index in [4.69, 9.17) is 4.74 Å². The molecule has 172 valence electrons. The van der Waals surface area contributed by atoms with E-state index in [1.54, 1.807) is 31.4 Å². The number of piperidine rings is 1. The number of rotatable bonds is 5. The lowest BCUT2D eigenvalue weighted by molar-refractivity contribution is 0.102. The number of likely N-dealkylation sites (tertiary alicyclic amines) is 1. The van der Waals surface area contributed by atoms with Gasteiger partial charge in [0.2, 0.25) is 5.01 Å². The molecule has 9 heteroatoms. The van der Waals surface area contributed by atoms with E-state index in [9.17, 15) is 9.59 Å². The van der Waals surface area contributed by atoms with Gasteiger partial charge in [-0.2, -0.15) is 0 Å². The number of hydrogen-bond acceptors (Lipinski definition) is 6. The predicted octanol–water partition coefficient (Wildman–Crippen LogP) is 4.83. The maximum absolute atomic E-state index is 12.8. The SMILES string of the molecule is COc1ccc(NC(=O)c2nnc([C@@H]3CCCN(C(=O)Nc4ccc(C)c(C)c4)C3)s2)cc1. The summed E-state index contributed by atoms with van der Waals surface area (Å²) >= 11 is 1.28. The van der Waals surface area contributed by atoms with Gasteiger partial charge in [0.25, 0.3) is 5.91 Å². The molecule has 2 N–H and O–H groups in total. The first-order chi connectivity index (χ1) is 15.9. The van der Waals surface area contributed by atoms with E-state index in [-0.39, 0.29) is 17.9 Å². The summed E-state index contributed by atoms with van der Waals surface area (Å²) in [5, 5.41) is 15.2. The fourth-order valence-corrected chi connectivity index (χ4v) is 4.60. The number of amides is 3. The average Bonchev–Trinajstić information content (AvgIpc) is 3.33. The fourth-order valence-electron chi connectivity index (χ4n) is 3.74. The number of carbonyl (C=O) groups excluding carboxylic acids is 2. The Morgan fingerprint density at radius 1 is 1.03 bits per heavy atom. The minimum absolute atomic E-state index is 0.0595. The van der Waals surface area contributed by atoms with Crippen molar-refractivity contribution in [3.63, 3.8) is 0 Å². The Kier molecular flexibility index (Phi) is 6.88. The summed E-state index contributed by atoms with van der Waals surface area (Å²) in [5.74, 6) is 0.475. The van der Waals surface area contributed by atoms with Gasteiger partial charge in [0.15, 0.2) is 0 Å². The van der Waals surface area contributed by atoms with Crippen molar-refractivity contribution >= 4 is 34.6 Å². The van der Waals surface area contributed by atoms with Gasteiger partial charge >= 0.3 is 6.03 Å². The average molecular weight is 466 g/mol. The highest BCUT2D eigenvalue weighted by Crippen LogP contribution is 2.30. The zero-order valence-electron chi connectivity index (χ0n) is 18.9. The van der Waals surface area contributed by atoms with E-state index in [0.717, 1.165) is 34.8 Å². The first-order valence-corrected chi connectivity index (χ1v) is 11.7. The maximum atomic E-state index is 12.8. The van der Waals surface area contributed by atoms with E-state index >= 15 is 0 Å². The van der Waals surface area contributed by atoms with E-state index < -0.39 is 0 Å². The summed E-state index contributed by atoms with van der Waals surface area (Å²) in [6.45, 7) is 5.31. The highest BCUT2D eigenvalue weighted by atomic mass is 32.1. The molecule has 0 saturated carbocycles. The Bertz CT molecular complexity index is 1150. The second-order valence-corrected chi connectivity index (χ2v) is 9.15. The minimum Gasteiger partial charge on any atom is -0.497 e. The summed E-state index contributed by atoms with van der Waals surface area (Å²) in [7, 11) is 1.59. The highest BCUT2D eigenvalue weighted by molar-refractivity contribution is 7.13. The van der Waals surface area contributed by atoms with Crippen LogP contribution in [-0.4, -0.2) is 47.2 Å². The van der Waals surface area contributed by atoms with E-state index in [2.05, 4.69) is 20.8 Å². The number of benzene rings is 2. The molecule has 1 aliphatic rings. The molecule has 2 aromatic carbocycles. The molecule has 3 aromatic rings. The quantitative estimate of drug-likeness (QED) is 0.563. The number of aromatic nitrogens is 2. The van der Waals surface area contributed by atoms with Crippen molar-refractivity contribution in [2.45, 2.75) is 32.6 Å². The zero-order valence-corrected chi connectivity index (χ0v) is 19.7. The van der Waals surface area contributed by atoms with Crippen LogP contribution >= 0.6 is 11.3 Å². The van der Waals surface area contributed by atoms with Crippen LogP contribution < -0.4 is 15.4 Å². The van der Waals surface area contributed by atoms with Gasteiger partial charge in [-0.25, -0.2) is 4.79 Å². The van der Waals surface area contributed by atoms with Crippen molar-refractivity contribution in [3.05, 3.63) is 63.6 Å². The lowest BCUT2D eigenvalue weighted by Gasteiger charge is -2.31. The molecule has 0 aliphatic carbocycles. The number of ether oxygens (including phenoxy) is 1. The Balaban J connectivity index is 1.37. The summed E-state index contributed by atoms with van der Waals surface area (Å²) < 4.78 is 5.13. The maximum Gasteiger partial charge on any atom is 0.321 e. The topological polar surface area (TPSA) is 96.4 Å². The van der Waals surface area contributed by atoms with Gasteiger partial charge in [-0.05, 0) is 74.2 Å². The van der Waals surface area contributed by atoms with Crippen LogP contribution in [0.15, 0.2) is 42.5 Å². The summed E-state index contributed by atoms with van der Waals surface area (Å²) in [5.41, 5.74) is 3.77. The van der Waals surface area contributed by atoms with E-state index in [1.807, 2.05) is 36.9 Å². The molecule has 1 saturated heterocycles. The first-order valence-electron chi connectivity index (χ1n) is 10.8. The van der Waals surface area contributed by atoms with Crippen LogP contribution in [0.2, 0.25) is 0 Å². The molecule has 3 amide bonds. The normalized spacial score (nSPS) is 15.7. The molecule has 4 rings (SSSR count). The van der Waals surface area contributed by atoms with Crippen LogP contribution in [-0.2, 0) is 0 Å². The highest BCUT2D eigenvalue weighted by Gasteiger charge is 2.28. The smallest absolute Gasteiger partial charge is 0.321 e. The number of methoxy groups -OCH3 is 1. The first kappa shape index (κ1) is 22.7. The van der Waals surface area contributed by atoms with E-state index in [0.29, 0.717) is 23.8 Å². The van der Waals surface area contributed by atoms with Gasteiger partial charge in [-0.15, -0.1) is 10.2 Å². The largest absolute Gasteiger partial charge is 0.497 e. The number of urea groups is 1. The molecule has 0 unspecified atom stereocenters. The number of nitrogens with one attached hydrogen (secondary N) is 2. The van der Waals surface area contributed by atoms with Gasteiger partial charge < -0.3 is 20.3 Å². The van der Waals surface area contributed by atoms with Crippen molar-refractivity contribution in [3.8, 4) is 5.75 Å². The Labute approximate surface area is 197 Å². The van der Waals surface area contributed by atoms with Crippen molar-refractivity contribution in [2.24, 2.45) is 0 Å². The number of aryl methyl sites for hydroxylation is 2. The zero-order chi connectivity index (χ0) is 23.4. The molecule has 1 aromatic heterocycles. The Morgan fingerprint density at radius 2 is 1.79 bits per heavy atom. The van der Waals surface area contributed by atoms with Crippen LogP contribution in [0.5, 0.6) is 5.75 Å². The molecule has 1 aliphatic heterocycles. The van der Waals surface area contributed by atoms with Crippen molar-refractivity contribution in [1.29, 1.82) is 0 Å². The number of carbonyl (C=O) groups is 2. The molecule has 1 atom stereocenters. The minimum atomic E-state index is -0.302. The third-order valence-corrected chi connectivity index (χ3v) is 6.88. The fraction of sp³-hybridized carbons (Fsp3) is 0.333. The van der Waals surface area contributed by atoms with Crippen LogP contribution in [0.4, 0.5) is 16.2 Å². The molecule has 33 heavy (non-hydrogen) atoms. The number of nitrogens with zero attached hydrogens (tertiary/aromatic N) is 3. The molecule has 0 bridgehead atoms. The second kappa shape index (κ2) is 9.99. The molecule has 0 radical (unpaired) electrons. The molecule has 2 heterocycles. The van der Waals surface area contributed by atoms with Crippen molar-refractivity contribution < 1.29 is 14.3 Å². The van der Waals surface area contributed by atoms with Crippen molar-refractivity contribution in [1.82, 2.24) is 15.1 Å². The molecule has 0 spiro atoms. The third kappa shape index (κ3) is 5.48. The lowest BCUT2D eigenvalue weighted by Crippen LogP contribution is -2.41. The predicted molar refractivity (Wildman–Crippen MR) is 129 cm³/mol. The third-order valence-electron chi connectivity index (χ3n) is 5.80. The van der Waals surface area contributed by atoms with Crippen LogP contribution in [0.25, 0.3) is 0 Å². The van der Waals surface area contributed by atoms with Crippen LogP contribution in [0.3, 0.4) is 0 Å². The van der Waals surface area contributed by atoms with Gasteiger partial charge in [0.1, 0.15) is 10.8 Å². The monoisotopic (exact) mass is 465 g/mol. The molecule has 8 nitrogen and oxygen atoms in total. The van der Waals surface area contributed by atoms with Gasteiger partial charge in [0, 0.05) is 30.4 Å². The standard InChI is InChI=1S/C24H27N5O3S/c1-15-6-7-19(13-16(15)2)26-24(31)29-12-4-5-17(14-29)22-27-28-23(33-22)21(30)25-18-8-10-20(32-3)11-9-18/h6-11,13,17H,4-5,12,14H2,1-3H3,(H,25,30)(H,26,31)/t17-/m1/s1. The lowest BCUT2D eigenvalue weighted by atomic mass is 9.99. The molecule has 1 fully saturated rings. The van der Waals surface area contributed by atoms with Crippen molar-refractivity contribution in [2.75, 3.05) is 30.8 Å². The van der Waals surface area contributed by atoms with Crippen LogP contribution in [0.1, 0.15) is 44.7 Å². The Hall–Kier alpha value is -3.46. The second-order valence-electron chi connectivity index (χ2n) is 8.14. The Morgan fingerprint density at radius 3 is 2.52 bits per heavy atom. The summed E-state index contributed by atoms with van der Waals surface area (Å²) in [6, 6.07) is 12.9. The van der Waals surface area contributed by atoms with Gasteiger partial charge in [-0.1, -0.05) is 17.4 Å². The van der Waals surface area contributed by atoms with E-state index in [1.165, 1.54) is 16.9 Å². The molecular formula is C24H27N5O3S. The number of hydrogen-bond donors (Lipinski definition) is 2. The molecular weight excluding hydrogens is 438 g/mol. The van der Waals surface area contributed by atoms with Gasteiger partial charge in [-0.3, -0.25) is 4.79 Å². The summed E-state index contributed by atoms with van der Waals surface area (Å²) in [6.07, 6.45) is 1.78. The van der Waals surface area contributed by atoms with Gasteiger partial charge in [0.05, 0.1) is 7.11 Å². The summed E-state index contributed by atoms with van der Waals surface area (Å²) in [4.78, 5) is 27.2.